The lowest BCUT2D eigenvalue weighted by Gasteiger charge is -2.24. The first-order chi connectivity index (χ1) is 9.92. The molecule has 1 aromatic carbocycles. The second-order valence-corrected chi connectivity index (χ2v) is 4.77. The van der Waals surface area contributed by atoms with Gasteiger partial charge in [-0.25, -0.2) is 4.98 Å². The molecule has 0 bridgehead atoms. The molecule has 5 heteroatoms. The number of nitrogens with zero attached hydrogens (tertiary/aromatic N) is 2. The Labute approximate surface area is 115 Å². The molecule has 0 N–H and O–H groups in total. The highest BCUT2D eigenvalue weighted by Gasteiger charge is 2.21. The van der Waals surface area contributed by atoms with Crippen LogP contribution in [0.4, 0.5) is 0 Å². The van der Waals surface area contributed by atoms with Gasteiger partial charge in [0.25, 0.3) is 0 Å². The zero-order valence-electron chi connectivity index (χ0n) is 10.9. The van der Waals surface area contributed by atoms with Gasteiger partial charge in [-0.2, -0.15) is 0 Å². The molecule has 1 saturated heterocycles. The van der Waals surface area contributed by atoms with Gasteiger partial charge in [0.15, 0.2) is 6.29 Å². The van der Waals surface area contributed by atoms with E-state index in [9.17, 15) is 0 Å². The molecule has 0 atom stereocenters. The summed E-state index contributed by atoms with van der Waals surface area (Å²) in [6.45, 7) is 1.42. The molecule has 0 spiro atoms. The Morgan fingerprint density at radius 2 is 2.10 bits per heavy atom. The fraction of sp³-hybridized carbons (Fsp3) is 0.267. The van der Waals surface area contributed by atoms with Crippen LogP contribution >= 0.6 is 0 Å². The minimum Gasteiger partial charge on any atom is -0.464 e. The van der Waals surface area contributed by atoms with Crippen LogP contribution in [0.2, 0.25) is 0 Å². The lowest BCUT2D eigenvalue weighted by atomic mass is 10.1. The van der Waals surface area contributed by atoms with Crippen molar-refractivity contribution in [3.05, 3.63) is 48.7 Å². The number of imidazole rings is 1. The molecule has 0 aliphatic carbocycles. The van der Waals surface area contributed by atoms with E-state index in [1.165, 1.54) is 0 Å². The Kier molecular flexibility index (Phi) is 2.79. The molecule has 3 aromatic rings. The molecule has 0 amide bonds. The molecular weight excluding hydrogens is 256 g/mol. The van der Waals surface area contributed by atoms with E-state index in [1.54, 1.807) is 18.8 Å². The third kappa shape index (κ3) is 1.92. The molecular formula is C15H14N2O3. The molecule has 1 aliphatic heterocycles. The summed E-state index contributed by atoms with van der Waals surface area (Å²) >= 11 is 0. The quantitative estimate of drug-likeness (QED) is 0.718. The minimum absolute atomic E-state index is 0.360. The normalized spacial score (nSPS) is 16.8. The van der Waals surface area contributed by atoms with Crippen LogP contribution in [-0.2, 0) is 9.47 Å². The number of hydrogen-bond acceptors (Lipinski definition) is 4. The Hall–Kier alpha value is -2.11. The highest BCUT2D eigenvalue weighted by atomic mass is 16.7. The van der Waals surface area contributed by atoms with Gasteiger partial charge in [0, 0.05) is 23.5 Å². The lowest BCUT2D eigenvalue weighted by molar-refractivity contribution is -0.182. The number of rotatable bonds is 2. The molecule has 4 rings (SSSR count). The van der Waals surface area contributed by atoms with Crippen molar-refractivity contribution in [2.24, 2.45) is 0 Å². The predicted molar refractivity (Wildman–Crippen MR) is 72.6 cm³/mol. The SMILES string of the molecule is c1cn(-c2cc(C3OCCCO3)c3occc3c2)cn1. The number of aromatic nitrogens is 2. The fourth-order valence-electron chi connectivity index (χ4n) is 2.50. The number of hydrogen-bond donors (Lipinski definition) is 0. The van der Waals surface area contributed by atoms with Crippen LogP contribution in [0.25, 0.3) is 16.7 Å². The summed E-state index contributed by atoms with van der Waals surface area (Å²) in [4.78, 5) is 4.09. The maximum Gasteiger partial charge on any atom is 0.187 e. The van der Waals surface area contributed by atoms with E-state index in [-0.39, 0.29) is 6.29 Å². The van der Waals surface area contributed by atoms with Crippen molar-refractivity contribution in [3.63, 3.8) is 0 Å². The van der Waals surface area contributed by atoms with Crippen LogP contribution in [0.3, 0.4) is 0 Å². The van der Waals surface area contributed by atoms with E-state index < -0.39 is 0 Å². The summed E-state index contributed by atoms with van der Waals surface area (Å²) in [7, 11) is 0. The third-order valence-electron chi connectivity index (χ3n) is 3.45. The summed E-state index contributed by atoms with van der Waals surface area (Å²) in [6, 6.07) is 6.04. The molecule has 2 aromatic heterocycles. The average molecular weight is 270 g/mol. The molecule has 102 valence electrons. The zero-order valence-corrected chi connectivity index (χ0v) is 10.9. The van der Waals surface area contributed by atoms with Crippen molar-refractivity contribution in [1.82, 2.24) is 9.55 Å². The molecule has 1 aliphatic rings. The van der Waals surface area contributed by atoms with Crippen molar-refractivity contribution in [2.45, 2.75) is 12.7 Å². The van der Waals surface area contributed by atoms with Gasteiger partial charge in [-0.1, -0.05) is 0 Å². The summed E-state index contributed by atoms with van der Waals surface area (Å²) < 4.78 is 19.0. The fourth-order valence-corrected chi connectivity index (χ4v) is 2.50. The monoisotopic (exact) mass is 270 g/mol. The summed E-state index contributed by atoms with van der Waals surface area (Å²) in [6.07, 6.45) is 7.70. The molecule has 0 unspecified atom stereocenters. The molecule has 1 fully saturated rings. The van der Waals surface area contributed by atoms with E-state index in [0.29, 0.717) is 13.2 Å². The van der Waals surface area contributed by atoms with E-state index in [2.05, 4.69) is 11.1 Å². The molecule has 20 heavy (non-hydrogen) atoms. The summed E-state index contributed by atoms with van der Waals surface area (Å²) in [5.41, 5.74) is 2.76. The third-order valence-corrected chi connectivity index (χ3v) is 3.45. The highest BCUT2D eigenvalue weighted by molar-refractivity contribution is 5.83. The van der Waals surface area contributed by atoms with Crippen molar-refractivity contribution in [2.75, 3.05) is 13.2 Å². The molecule has 0 radical (unpaired) electrons. The van der Waals surface area contributed by atoms with Gasteiger partial charge in [0.05, 0.1) is 31.4 Å². The zero-order chi connectivity index (χ0) is 13.4. The van der Waals surface area contributed by atoms with Gasteiger partial charge in [0.1, 0.15) is 5.58 Å². The van der Waals surface area contributed by atoms with Gasteiger partial charge in [-0.05, 0) is 24.6 Å². The Morgan fingerprint density at radius 3 is 2.90 bits per heavy atom. The first-order valence-corrected chi connectivity index (χ1v) is 6.64. The standard InChI is InChI=1S/C15H14N2O3/c1-5-19-15(20-6-1)13-9-12(17-4-3-16-10-17)8-11-2-7-18-14(11)13/h2-4,7-10,15H,1,5-6H2. The molecule has 0 saturated carbocycles. The van der Waals surface area contributed by atoms with Crippen LogP contribution in [0.1, 0.15) is 18.3 Å². The summed E-state index contributed by atoms with van der Waals surface area (Å²) in [5.74, 6) is 0. The first kappa shape index (κ1) is 11.7. The summed E-state index contributed by atoms with van der Waals surface area (Å²) in [5, 5.41) is 1.03. The van der Waals surface area contributed by atoms with Crippen LogP contribution < -0.4 is 0 Å². The maximum atomic E-state index is 5.71. The topological polar surface area (TPSA) is 49.4 Å². The van der Waals surface area contributed by atoms with E-state index in [1.807, 2.05) is 22.9 Å². The Balaban J connectivity index is 1.86. The Bertz CT molecular complexity index is 712. The van der Waals surface area contributed by atoms with Gasteiger partial charge in [-0.3, -0.25) is 0 Å². The number of fused-ring (bicyclic) bond motifs is 1. The number of ether oxygens (including phenoxy) is 2. The van der Waals surface area contributed by atoms with Crippen LogP contribution in [0.15, 0.2) is 47.6 Å². The van der Waals surface area contributed by atoms with Crippen LogP contribution in [-0.4, -0.2) is 22.8 Å². The van der Waals surface area contributed by atoms with Gasteiger partial charge < -0.3 is 18.5 Å². The van der Waals surface area contributed by atoms with Crippen LogP contribution in [0.5, 0.6) is 0 Å². The predicted octanol–water partition coefficient (Wildman–Crippen LogP) is 3.05. The van der Waals surface area contributed by atoms with Crippen molar-refractivity contribution < 1.29 is 13.9 Å². The van der Waals surface area contributed by atoms with Gasteiger partial charge in [0.2, 0.25) is 0 Å². The van der Waals surface area contributed by atoms with Gasteiger partial charge in [-0.15, -0.1) is 0 Å². The number of furan rings is 1. The van der Waals surface area contributed by atoms with E-state index in [4.69, 9.17) is 13.9 Å². The smallest absolute Gasteiger partial charge is 0.187 e. The highest BCUT2D eigenvalue weighted by Crippen LogP contribution is 2.32. The van der Waals surface area contributed by atoms with Crippen molar-refractivity contribution in [3.8, 4) is 5.69 Å². The largest absolute Gasteiger partial charge is 0.464 e. The van der Waals surface area contributed by atoms with E-state index >= 15 is 0 Å². The second-order valence-electron chi connectivity index (χ2n) is 4.77. The lowest BCUT2D eigenvalue weighted by Crippen LogP contribution is -2.18. The van der Waals surface area contributed by atoms with Gasteiger partial charge >= 0.3 is 0 Å². The number of benzene rings is 1. The maximum absolute atomic E-state index is 5.71. The second kappa shape index (κ2) is 4.77. The van der Waals surface area contributed by atoms with Crippen molar-refractivity contribution in [1.29, 1.82) is 0 Å². The Morgan fingerprint density at radius 1 is 1.20 bits per heavy atom. The average Bonchev–Trinajstić information content (AvgIpc) is 3.18. The first-order valence-electron chi connectivity index (χ1n) is 6.64. The molecule has 5 nitrogen and oxygen atoms in total. The minimum atomic E-state index is -0.360. The van der Waals surface area contributed by atoms with E-state index in [0.717, 1.165) is 28.6 Å². The molecule has 3 heterocycles. The van der Waals surface area contributed by atoms with Crippen molar-refractivity contribution >= 4 is 11.0 Å². The van der Waals surface area contributed by atoms with Crippen LogP contribution in [0, 0.1) is 0 Å².